The second-order valence-corrected chi connectivity index (χ2v) is 4.08. The summed E-state index contributed by atoms with van der Waals surface area (Å²) in [5.74, 6) is 0.344. The Morgan fingerprint density at radius 1 is 1.45 bits per heavy atom. The van der Waals surface area contributed by atoms with Crippen LogP contribution < -0.4 is 0 Å². The van der Waals surface area contributed by atoms with Gasteiger partial charge >= 0.3 is 0 Å². The van der Waals surface area contributed by atoms with Gasteiger partial charge in [0.25, 0.3) is 0 Å². The molecule has 1 heterocycles. The summed E-state index contributed by atoms with van der Waals surface area (Å²) < 4.78 is 11.1. The van der Waals surface area contributed by atoms with Crippen molar-refractivity contribution in [2.45, 2.75) is 46.0 Å². The third-order valence-corrected chi connectivity index (χ3v) is 1.80. The monoisotopic (exact) mass is 158 g/mol. The fraction of sp³-hybridized carbons (Fsp3) is 1.00. The van der Waals surface area contributed by atoms with E-state index in [0.717, 1.165) is 13.0 Å². The van der Waals surface area contributed by atoms with Crippen LogP contribution in [0.4, 0.5) is 0 Å². The molecular weight excluding hydrogens is 140 g/mol. The molecule has 66 valence electrons. The molecule has 0 N–H and O–H groups in total. The molecule has 1 rings (SSSR count). The molecule has 0 spiro atoms. The lowest BCUT2D eigenvalue weighted by molar-refractivity contribution is -0.139. The number of ether oxygens (including phenoxy) is 2. The first-order chi connectivity index (χ1) is 4.99. The van der Waals surface area contributed by atoms with Crippen LogP contribution in [-0.4, -0.2) is 18.5 Å². The average Bonchev–Trinajstić information content (AvgIpc) is 2.08. The minimum atomic E-state index is -0.348. The first-order valence-electron chi connectivity index (χ1n) is 4.31. The van der Waals surface area contributed by atoms with Crippen molar-refractivity contribution in [1.29, 1.82) is 0 Å². The normalized spacial score (nSPS) is 29.7. The molecule has 0 radical (unpaired) electrons. The van der Waals surface area contributed by atoms with E-state index < -0.39 is 0 Å². The molecule has 1 aliphatic rings. The Bertz CT molecular complexity index is 130. The van der Waals surface area contributed by atoms with Crippen molar-refractivity contribution in [3.05, 3.63) is 0 Å². The van der Waals surface area contributed by atoms with E-state index in [4.69, 9.17) is 9.47 Å². The van der Waals surface area contributed by atoms with Crippen LogP contribution in [-0.2, 0) is 9.47 Å². The van der Waals surface area contributed by atoms with Crippen molar-refractivity contribution in [2.75, 3.05) is 6.61 Å². The highest BCUT2D eigenvalue weighted by molar-refractivity contribution is 4.71. The van der Waals surface area contributed by atoms with E-state index in [1.807, 2.05) is 13.8 Å². The van der Waals surface area contributed by atoms with Gasteiger partial charge in [-0.3, -0.25) is 0 Å². The molecule has 1 saturated heterocycles. The zero-order valence-electron chi connectivity index (χ0n) is 7.89. The molecule has 11 heavy (non-hydrogen) atoms. The van der Waals surface area contributed by atoms with Crippen LogP contribution in [0, 0.1) is 5.92 Å². The highest BCUT2D eigenvalue weighted by Crippen LogP contribution is 2.25. The molecule has 2 heteroatoms. The van der Waals surface area contributed by atoms with Crippen molar-refractivity contribution in [3.8, 4) is 0 Å². The fourth-order valence-electron chi connectivity index (χ4n) is 1.40. The van der Waals surface area contributed by atoms with E-state index in [9.17, 15) is 0 Å². The van der Waals surface area contributed by atoms with Gasteiger partial charge in [0.15, 0.2) is 5.79 Å². The highest BCUT2D eigenvalue weighted by Gasteiger charge is 2.32. The summed E-state index contributed by atoms with van der Waals surface area (Å²) in [4.78, 5) is 0. The largest absolute Gasteiger partial charge is 0.348 e. The SMILES string of the molecule is CC(C)CC1COC(C)(C)O1. The maximum Gasteiger partial charge on any atom is 0.163 e. The maximum atomic E-state index is 5.64. The lowest BCUT2D eigenvalue weighted by atomic mass is 10.1. The molecule has 1 fully saturated rings. The van der Waals surface area contributed by atoms with E-state index in [1.54, 1.807) is 0 Å². The second kappa shape index (κ2) is 3.11. The Kier molecular flexibility index (Phi) is 2.55. The number of rotatable bonds is 2. The van der Waals surface area contributed by atoms with Gasteiger partial charge < -0.3 is 9.47 Å². The first-order valence-corrected chi connectivity index (χ1v) is 4.31. The van der Waals surface area contributed by atoms with Gasteiger partial charge in [0, 0.05) is 0 Å². The van der Waals surface area contributed by atoms with Crippen molar-refractivity contribution in [1.82, 2.24) is 0 Å². The number of hydrogen-bond donors (Lipinski definition) is 0. The summed E-state index contributed by atoms with van der Waals surface area (Å²) in [6.07, 6.45) is 1.41. The summed E-state index contributed by atoms with van der Waals surface area (Å²) in [6.45, 7) is 9.09. The van der Waals surface area contributed by atoms with Gasteiger partial charge in [-0.25, -0.2) is 0 Å². The lowest BCUT2D eigenvalue weighted by Crippen LogP contribution is -2.22. The van der Waals surface area contributed by atoms with Crippen LogP contribution in [0.2, 0.25) is 0 Å². The van der Waals surface area contributed by atoms with Gasteiger partial charge in [0.05, 0.1) is 12.7 Å². The Balaban J connectivity index is 2.31. The van der Waals surface area contributed by atoms with E-state index in [-0.39, 0.29) is 5.79 Å². The zero-order chi connectivity index (χ0) is 8.48. The molecule has 0 saturated carbocycles. The third kappa shape index (κ3) is 2.80. The predicted octanol–water partition coefficient (Wildman–Crippen LogP) is 2.18. The number of hydrogen-bond acceptors (Lipinski definition) is 2. The van der Waals surface area contributed by atoms with Crippen LogP contribution in [0.15, 0.2) is 0 Å². The van der Waals surface area contributed by atoms with Crippen molar-refractivity contribution < 1.29 is 9.47 Å². The van der Waals surface area contributed by atoms with Gasteiger partial charge in [-0.1, -0.05) is 13.8 Å². The Morgan fingerprint density at radius 2 is 2.09 bits per heavy atom. The van der Waals surface area contributed by atoms with Gasteiger partial charge in [-0.2, -0.15) is 0 Å². The zero-order valence-corrected chi connectivity index (χ0v) is 7.89. The minimum absolute atomic E-state index is 0.310. The Labute approximate surface area is 68.9 Å². The summed E-state index contributed by atoms with van der Waals surface area (Å²) in [7, 11) is 0. The van der Waals surface area contributed by atoms with Crippen LogP contribution >= 0.6 is 0 Å². The molecule has 0 bridgehead atoms. The average molecular weight is 158 g/mol. The molecule has 0 aromatic rings. The molecule has 2 nitrogen and oxygen atoms in total. The smallest absolute Gasteiger partial charge is 0.163 e. The summed E-state index contributed by atoms with van der Waals surface area (Å²) in [5, 5.41) is 0. The van der Waals surface area contributed by atoms with Crippen LogP contribution in [0.25, 0.3) is 0 Å². The van der Waals surface area contributed by atoms with Crippen molar-refractivity contribution in [2.24, 2.45) is 5.92 Å². The van der Waals surface area contributed by atoms with E-state index >= 15 is 0 Å². The maximum absolute atomic E-state index is 5.64. The predicted molar refractivity (Wildman–Crippen MR) is 44.4 cm³/mol. The van der Waals surface area contributed by atoms with Gasteiger partial charge in [-0.15, -0.1) is 0 Å². The molecular formula is C9H18O2. The van der Waals surface area contributed by atoms with E-state index in [1.165, 1.54) is 0 Å². The van der Waals surface area contributed by atoms with E-state index in [0.29, 0.717) is 12.0 Å². The van der Waals surface area contributed by atoms with Crippen LogP contribution in [0.1, 0.15) is 34.1 Å². The molecule has 1 unspecified atom stereocenters. The second-order valence-electron chi connectivity index (χ2n) is 4.08. The van der Waals surface area contributed by atoms with Crippen LogP contribution in [0.5, 0.6) is 0 Å². The summed E-state index contributed by atoms with van der Waals surface area (Å²) >= 11 is 0. The fourth-order valence-corrected chi connectivity index (χ4v) is 1.40. The van der Waals surface area contributed by atoms with Crippen LogP contribution in [0.3, 0.4) is 0 Å². The van der Waals surface area contributed by atoms with E-state index in [2.05, 4.69) is 13.8 Å². The quantitative estimate of drug-likeness (QED) is 0.613. The minimum Gasteiger partial charge on any atom is -0.348 e. The summed E-state index contributed by atoms with van der Waals surface area (Å²) in [5.41, 5.74) is 0. The van der Waals surface area contributed by atoms with Gasteiger partial charge in [0.2, 0.25) is 0 Å². The Morgan fingerprint density at radius 3 is 2.45 bits per heavy atom. The lowest BCUT2D eigenvalue weighted by Gasteiger charge is -2.17. The topological polar surface area (TPSA) is 18.5 Å². The molecule has 0 aliphatic carbocycles. The molecule has 0 amide bonds. The first kappa shape index (κ1) is 9.01. The van der Waals surface area contributed by atoms with Crippen molar-refractivity contribution in [3.63, 3.8) is 0 Å². The Hall–Kier alpha value is -0.0800. The third-order valence-electron chi connectivity index (χ3n) is 1.80. The van der Waals surface area contributed by atoms with Gasteiger partial charge in [-0.05, 0) is 26.2 Å². The summed E-state index contributed by atoms with van der Waals surface area (Å²) in [6, 6.07) is 0. The van der Waals surface area contributed by atoms with Crippen molar-refractivity contribution >= 4 is 0 Å². The highest BCUT2D eigenvalue weighted by atomic mass is 16.7. The molecule has 0 aromatic carbocycles. The van der Waals surface area contributed by atoms with Gasteiger partial charge in [0.1, 0.15) is 0 Å². The standard InChI is InChI=1S/C9H18O2/c1-7(2)5-8-6-10-9(3,4)11-8/h7-8H,5-6H2,1-4H3. The molecule has 1 atom stereocenters. The molecule has 1 aliphatic heterocycles. The molecule has 0 aromatic heterocycles.